The molecule has 0 saturated carbocycles. The topological polar surface area (TPSA) is 52.6 Å². The van der Waals surface area contributed by atoms with Gasteiger partial charge in [0.1, 0.15) is 0 Å². The third-order valence-electron chi connectivity index (χ3n) is 1.98. The highest BCUT2D eigenvalue weighted by Gasteiger charge is 2.11. The monoisotopic (exact) mass is 262 g/mol. The zero-order chi connectivity index (χ0) is 12.1. The van der Waals surface area contributed by atoms with Crippen molar-refractivity contribution in [2.45, 2.75) is 0 Å². The molecule has 1 aromatic rings. The molecule has 2 amide bonds. The summed E-state index contributed by atoms with van der Waals surface area (Å²) in [6, 6.07) is 4.63. The Morgan fingerprint density at radius 3 is 2.81 bits per heavy atom. The second kappa shape index (κ2) is 5.94. The van der Waals surface area contributed by atoms with Crippen molar-refractivity contribution in [2.75, 3.05) is 25.5 Å². The first kappa shape index (κ1) is 13.1. The molecule has 0 atom stereocenters. The van der Waals surface area contributed by atoms with Crippen LogP contribution in [-0.2, 0) is 0 Å². The molecule has 0 radical (unpaired) electrons. The maximum Gasteiger partial charge on any atom is 0.321 e. The van der Waals surface area contributed by atoms with Crippen LogP contribution in [0, 0.1) is 0 Å². The van der Waals surface area contributed by atoms with Crippen molar-refractivity contribution in [2.24, 2.45) is 0 Å². The average Bonchev–Trinajstić information content (AvgIpc) is 2.25. The molecule has 0 spiro atoms. The number of anilines is 1. The zero-order valence-corrected chi connectivity index (χ0v) is 10.2. The third kappa shape index (κ3) is 3.27. The summed E-state index contributed by atoms with van der Waals surface area (Å²) in [6.07, 6.45) is 0. The Morgan fingerprint density at radius 1 is 1.50 bits per heavy atom. The SMILES string of the molecule is CN(CCO)C(=O)Nc1cccc(Cl)c1Cl. The van der Waals surface area contributed by atoms with Gasteiger partial charge in [-0.2, -0.15) is 0 Å². The highest BCUT2D eigenvalue weighted by Crippen LogP contribution is 2.29. The lowest BCUT2D eigenvalue weighted by Crippen LogP contribution is -2.33. The number of nitrogens with one attached hydrogen (secondary N) is 1. The number of hydrogen-bond acceptors (Lipinski definition) is 2. The fourth-order valence-electron chi connectivity index (χ4n) is 1.06. The summed E-state index contributed by atoms with van der Waals surface area (Å²) in [5.41, 5.74) is 0.448. The Hall–Kier alpha value is -0.970. The van der Waals surface area contributed by atoms with E-state index < -0.39 is 0 Å². The minimum Gasteiger partial charge on any atom is -0.395 e. The summed E-state index contributed by atoms with van der Waals surface area (Å²) in [4.78, 5) is 12.9. The Labute approximate surface area is 104 Å². The van der Waals surface area contributed by atoms with E-state index in [-0.39, 0.29) is 19.2 Å². The second-order valence-electron chi connectivity index (χ2n) is 3.18. The van der Waals surface area contributed by atoms with Crippen LogP contribution in [0.2, 0.25) is 10.0 Å². The van der Waals surface area contributed by atoms with E-state index in [0.717, 1.165) is 0 Å². The number of rotatable bonds is 3. The van der Waals surface area contributed by atoms with Gasteiger partial charge in [0, 0.05) is 13.6 Å². The fraction of sp³-hybridized carbons (Fsp3) is 0.300. The van der Waals surface area contributed by atoms with Crippen molar-refractivity contribution in [3.05, 3.63) is 28.2 Å². The predicted molar refractivity (Wildman–Crippen MR) is 65.2 cm³/mol. The van der Waals surface area contributed by atoms with E-state index >= 15 is 0 Å². The van der Waals surface area contributed by atoms with E-state index in [9.17, 15) is 4.79 Å². The van der Waals surface area contributed by atoms with Crippen molar-refractivity contribution in [1.29, 1.82) is 0 Å². The quantitative estimate of drug-likeness (QED) is 0.880. The molecular formula is C10H12Cl2N2O2. The minimum absolute atomic E-state index is 0.0901. The molecule has 0 bridgehead atoms. The van der Waals surface area contributed by atoms with Crippen LogP contribution in [0.1, 0.15) is 0 Å². The molecule has 0 unspecified atom stereocenters. The third-order valence-corrected chi connectivity index (χ3v) is 2.79. The summed E-state index contributed by atoms with van der Waals surface area (Å²) < 4.78 is 0. The van der Waals surface area contributed by atoms with Crippen molar-refractivity contribution in [3.63, 3.8) is 0 Å². The molecule has 6 heteroatoms. The number of carbonyl (C=O) groups excluding carboxylic acids is 1. The summed E-state index contributed by atoms with van der Waals surface area (Å²) >= 11 is 11.7. The maximum absolute atomic E-state index is 11.6. The summed E-state index contributed by atoms with van der Waals surface area (Å²) in [7, 11) is 1.57. The molecule has 0 saturated heterocycles. The lowest BCUT2D eigenvalue weighted by molar-refractivity contribution is 0.202. The van der Waals surface area contributed by atoms with Crippen LogP contribution in [0.3, 0.4) is 0 Å². The molecule has 1 rings (SSSR count). The van der Waals surface area contributed by atoms with Crippen LogP contribution in [0.4, 0.5) is 10.5 Å². The van der Waals surface area contributed by atoms with Gasteiger partial charge >= 0.3 is 6.03 Å². The number of nitrogens with zero attached hydrogens (tertiary/aromatic N) is 1. The Bertz CT molecular complexity index is 385. The van der Waals surface area contributed by atoms with Crippen LogP contribution >= 0.6 is 23.2 Å². The first-order valence-corrected chi connectivity index (χ1v) is 5.39. The van der Waals surface area contributed by atoms with Gasteiger partial charge < -0.3 is 15.3 Å². The van der Waals surface area contributed by atoms with Crippen LogP contribution in [0.5, 0.6) is 0 Å². The molecule has 88 valence electrons. The van der Waals surface area contributed by atoms with Crippen LogP contribution in [-0.4, -0.2) is 36.2 Å². The van der Waals surface area contributed by atoms with Crippen LogP contribution in [0.15, 0.2) is 18.2 Å². The first-order chi connectivity index (χ1) is 7.56. The molecule has 0 aliphatic carbocycles. The molecule has 0 aromatic heterocycles. The van der Waals surface area contributed by atoms with Crippen molar-refractivity contribution < 1.29 is 9.90 Å². The molecule has 0 aliphatic heterocycles. The van der Waals surface area contributed by atoms with Gasteiger partial charge in [0.2, 0.25) is 0 Å². The predicted octanol–water partition coefficient (Wildman–Crippen LogP) is 2.45. The average molecular weight is 263 g/mol. The highest BCUT2D eigenvalue weighted by atomic mass is 35.5. The number of hydrogen-bond donors (Lipinski definition) is 2. The Morgan fingerprint density at radius 2 is 2.19 bits per heavy atom. The van der Waals surface area contributed by atoms with Gasteiger partial charge in [-0.15, -0.1) is 0 Å². The van der Waals surface area contributed by atoms with Gasteiger partial charge in [-0.25, -0.2) is 4.79 Å². The number of aliphatic hydroxyl groups is 1. The van der Waals surface area contributed by atoms with Crippen molar-refractivity contribution in [1.82, 2.24) is 4.90 Å². The molecule has 2 N–H and O–H groups in total. The number of aliphatic hydroxyl groups excluding tert-OH is 1. The van der Waals surface area contributed by atoms with Crippen molar-refractivity contribution in [3.8, 4) is 0 Å². The zero-order valence-electron chi connectivity index (χ0n) is 8.70. The lowest BCUT2D eigenvalue weighted by atomic mass is 10.3. The number of likely N-dealkylation sites (N-methyl/N-ethyl adjacent to an activating group) is 1. The fourth-order valence-corrected chi connectivity index (χ4v) is 1.41. The normalized spacial score (nSPS) is 10.0. The van der Waals surface area contributed by atoms with Gasteiger partial charge in [0.05, 0.1) is 22.3 Å². The minimum atomic E-state index is -0.349. The first-order valence-electron chi connectivity index (χ1n) is 4.63. The summed E-state index contributed by atoms with van der Waals surface area (Å²) in [5.74, 6) is 0. The highest BCUT2D eigenvalue weighted by molar-refractivity contribution is 6.43. The van der Waals surface area contributed by atoms with Gasteiger partial charge in [-0.3, -0.25) is 0 Å². The molecule has 16 heavy (non-hydrogen) atoms. The number of carbonyl (C=O) groups is 1. The Balaban J connectivity index is 2.73. The standard InChI is InChI=1S/C10H12Cl2N2O2/c1-14(5-6-15)10(16)13-8-4-2-3-7(11)9(8)12/h2-4,15H,5-6H2,1H3,(H,13,16). The van der Waals surface area contributed by atoms with Crippen LogP contribution in [0.25, 0.3) is 0 Å². The van der Waals surface area contributed by atoms with Gasteiger partial charge in [-0.1, -0.05) is 29.3 Å². The molecular weight excluding hydrogens is 251 g/mol. The second-order valence-corrected chi connectivity index (χ2v) is 3.96. The van der Waals surface area contributed by atoms with E-state index in [1.54, 1.807) is 25.2 Å². The van der Waals surface area contributed by atoms with Gasteiger partial charge in [0.25, 0.3) is 0 Å². The van der Waals surface area contributed by atoms with Crippen LogP contribution < -0.4 is 5.32 Å². The smallest absolute Gasteiger partial charge is 0.321 e. The van der Waals surface area contributed by atoms with E-state index in [2.05, 4.69) is 5.32 Å². The van der Waals surface area contributed by atoms with Gasteiger partial charge in [-0.05, 0) is 12.1 Å². The van der Waals surface area contributed by atoms with Gasteiger partial charge in [0.15, 0.2) is 0 Å². The molecule has 0 heterocycles. The summed E-state index contributed by atoms with van der Waals surface area (Å²) in [5, 5.41) is 12.0. The van der Waals surface area contributed by atoms with E-state index in [1.165, 1.54) is 4.90 Å². The lowest BCUT2D eigenvalue weighted by Gasteiger charge is -2.17. The van der Waals surface area contributed by atoms with E-state index in [1.807, 2.05) is 0 Å². The molecule has 0 aliphatic rings. The summed E-state index contributed by atoms with van der Waals surface area (Å²) in [6.45, 7) is 0.164. The Kier molecular flexibility index (Phi) is 4.86. The number of halogens is 2. The van der Waals surface area contributed by atoms with E-state index in [0.29, 0.717) is 15.7 Å². The number of benzene rings is 1. The number of amides is 2. The maximum atomic E-state index is 11.6. The number of urea groups is 1. The molecule has 1 aromatic carbocycles. The largest absolute Gasteiger partial charge is 0.395 e. The van der Waals surface area contributed by atoms with E-state index in [4.69, 9.17) is 28.3 Å². The molecule has 0 fully saturated rings. The molecule has 4 nitrogen and oxygen atoms in total. The van der Waals surface area contributed by atoms with Crippen molar-refractivity contribution >= 4 is 34.9 Å².